The molecule has 0 fully saturated rings. The van der Waals surface area contributed by atoms with Crippen molar-refractivity contribution >= 4 is 50.6 Å². The summed E-state index contributed by atoms with van der Waals surface area (Å²) in [5.74, 6) is -0.326. The molecule has 0 saturated carbocycles. The van der Waals surface area contributed by atoms with Crippen molar-refractivity contribution in [3.05, 3.63) is 53.4 Å². The Bertz CT molecular complexity index is 1060. The van der Waals surface area contributed by atoms with Gasteiger partial charge in [-0.3, -0.25) is 9.52 Å². The third-order valence-electron chi connectivity index (χ3n) is 3.86. The van der Waals surface area contributed by atoms with E-state index < -0.39 is 16.5 Å². The first kappa shape index (κ1) is 21.4. The lowest BCUT2D eigenvalue weighted by molar-refractivity contribution is -0.120. The number of pyridine rings is 1. The second-order valence-electron chi connectivity index (χ2n) is 6.86. The van der Waals surface area contributed by atoms with Crippen LogP contribution in [0.15, 0.2) is 47.5 Å². The van der Waals surface area contributed by atoms with Crippen LogP contribution in [0.3, 0.4) is 0 Å². The van der Waals surface area contributed by atoms with Gasteiger partial charge in [-0.2, -0.15) is 0 Å². The number of aryl methyl sites for hydroxylation is 1. The van der Waals surface area contributed by atoms with E-state index in [-0.39, 0.29) is 11.1 Å². The first-order chi connectivity index (χ1) is 13.6. The predicted octanol–water partition coefficient (Wildman–Crippen LogP) is 3.98. The van der Waals surface area contributed by atoms with E-state index in [9.17, 15) is 9.00 Å². The van der Waals surface area contributed by atoms with E-state index >= 15 is 0 Å². The molecular weight excluding hydrogens is 430 g/mol. The molecule has 2 aromatic heterocycles. The van der Waals surface area contributed by atoms with Crippen molar-refractivity contribution in [2.24, 2.45) is 5.73 Å². The SMILES string of the molecule is Cc1nc(NC(=O)C(C)(C)N)sc1-c1cnc(Cl)c(NS(=O)c2ccccc2)c1. The van der Waals surface area contributed by atoms with Gasteiger partial charge >= 0.3 is 0 Å². The fourth-order valence-corrected chi connectivity index (χ4v) is 4.35. The molecule has 0 spiro atoms. The van der Waals surface area contributed by atoms with Gasteiger partial charge in [-0.25, -0.2) is 14.2 Å². The van der Waals surface area contributed by atoms with Gasteiger partial charge in [-0.1, -0.05) is 41.1 Å². The molecule has 29 heavy (non-hydrogen) atoms. The molecule has 3 aromatic rings. The minimum atomic E-state index is -1.48. The maximum Gasteiger partial charge on any atom is 0.245 e. The largest absolute Gasteiger partial charge is 0.318 e. The zero-order valence-corrected chi connectivity index (χ0v) is 18.4. The number of amides is 1. The van der Waals surface area contributed by atoms with Crippen LogP contribution in [0, 0.1) is 6.92 Å². The molecule has 1 unspecified atom stereocenters. The number of nitrogens with zero attached hydrogens (tertiary/aromatic N) is 2. The first-order valence-electron chi connectivity index (χ1n) is 8.62. The molecule has 3 rings (SSSR count). The van der Waals surface area contributed by atoms with Crippen LogP contribution < -0.4 is 15.8 Å². The van der Waals surface area contributed by atoms with E-state index in [0.717, 1.165) is 16.1 Å². The molecule has 0 radical (unpaired) electrons. The average molecular weight is 450 g/mol. The van der Waals surface area contributed by atoms with E-state index in [1.807, 2.05) is 25.1 Å². The van der Waals surface area contributed by atoms with Gasteiger partial charge in [0.2, 0.25) is 5.91 Å². The third kappa shape index (κ3) is 5.18. The molecule has 0 aliphatic rings. The summed E-state index contributed by atoms with van der Waals surface area (Å²) in [7, 11) is -1.48. The van der Waals surface area contributed by atoms with E-state index in [1.165, 1.54) is 11.3 Å². The van der Waals surface area contributed by atoms with Gasteiger partial charge in [0.25, 0.3) is 0 Å². The number of anilines is 2. The number of thiazole rings is 1. The Hall–Kier alpha value is -2.33. The molecule has 0 aliphatic carbocycles. The summed E-state index contributed by atoms with van der Waals surface area (Å²) in [5.41, 5.74) is 6.70. The highest BCUT2D eigenvalue weighted by atomic mass is 35.5. The van der Waals surface area contributed by atoms with Crippen molar-refractivity contribution in [1.82, 2.24) is 9.97 Å². The molecule has 0 bridgehead atoms. The summed E-state index contributed by atoms with van der Waals surface area (Å²) < 4.78 is 15.4. The van der Waals surface area contributed by atoms with Crippen molar-refractivity contribution in [2.45, 2.75) is 31.2 Å². The van der Waals surface area contributed by atoms with Gasteiger partial charge in [0.1, 0.15) is 11.0 Å². The Kier molecular flexibility index (Phi) is 6.33. The summed E-state index contributed by atoms with van der Waals surface area (Å²) in [6.45, 7) is 5.08. The van der Waals surface area contributed by atoms with Crippen LogP contribution in [0.25, 0.3) is 10.4 Å². The number of benzene rings is 1. The van der Waals surface area contributed by atoms with E-state index in [1.54, 1.807) is 38.2 Å². The van der Waals surface area contributed by atoms with Crippen molar-refractivity contribution in [3.8, 4) is 10.4 Å². The third-order valence-corrected chi connectivity index (χ3v) is 6.39. The standard InChI is InChI=1S/C19H20ClN5O2S2/c1-11-15(28-18(23-11)24-17(26)19(2,3)21)12-9-14(16(20)22-10-12)25-29(27)13-7-5-4-6-8-13/h4-10,25H,21H2,1-3H3,(H,23,24,26). The molecule has 2 heterocycles. The van der Waals surface area contributed by atoms with Crippen LogP contribution >= 0.6 is 22.9 Å². The van der Waals surface area contributed by atoms with Gasteiger partial charge in [0.15, 0.2) is 10.3 Å². The summed E-state index contributed by atoms with van der Waals surface area (Å²) in [4.78, 5) is 22.1. The molecule has 0 aliphatic heterocycles. The Morgan fingerprint density at radius 2 is 1.97 bits per heavy atom. The second kappa shape index (κ2) is 8.58. The zero-order valence-electron chi connectivity index (χ0n) is 16.0. The lowest BCUT2D eigenvalue weighted by atomic mass is 10.1. The van der Waals surface area contributed by atoms with Crippen LogP contribution in [0.5, 0.6) is 0 Å². The Labute approximate surface area is 180 Å². The normalized spacial score (nSPS) is 12.4. The number of rotatable bonds is 6. The number of hydrogen-bond acceptors (Lipinski definition) is 6. The number of nitrogens with one attached hydrogen (secondary N) is 2. The predicted molar refractivity (Wildman–Crippen MR) is 118 cm³/mol. The minimum Gasteiger partial charge on any atom is -0.318 e. The maximum atomic E-state index is 12.5. The lowest BCUT2D eigenvalue weighted by Gasteiger charge is -2.16. The number of hydrogen-bond donors (Lipinski definition) is 3. The van der Waals surface area contributed by atoms with Gasteiger partial charge in [-0.05, 0) is 39.0 Å². The second-order valence-corrected chi connectivity index (χ2v) is 9.43. The van der Waals surface area contributed by atoms with Crippen molar-refractivity contribution < 1.29 is 9.00 Å². The molecule has 152 valence electrons. The quantitative estimate of drug-likeness (QED) is 0.493. The molecule has 1 atom stereocenters. The number of aromatic nitrogens is 2. The lowest BCUT2D eigenvalue weighted by Crippen LogP contribution is -2.45. The average Bonchev–Trinajstić information content (AvgIpc) is 3.03. The molecule has 1 aromatic carbocycles. The fourth-order valence-electron chi connectivity index (χ4n) is 2.32. The summed E-state index contributed by atoms with van der Waals surface area (Å²) in [6.07, 6.45) is 1.61. The molecule has 0 saturated heterocycles. The molecule has 4 N–H and O–H groups in total. The molecular formula is C19H20ClN5O2S2. The van der Waals surface area contributed by atoms with Crippen molar-refractivity contribution in [3.63, 3.8) is 0 Å². The van der Waals surface area contributed by atoms with Crippen LogP contribution in [-0.2, 0) is 15.8 Å². The number of nitrogens with two attached hydrogens (primary N) is 1. The van der Waals surface area contributed by atoms with Crippen LogP contribution in [0.1, 0.15) is 19.5 Å². The van der Waals surface area contributed by atoms with Gasteiger partial charge in [-0.15, -0.1) is 0 Å². The number of halogens is 1. The van der Waals surface area contributed by atoms with Gasteiger partial charge < -0.3 is 11.1 Å². The fraction of sp³-hybridized carbons (Fsp3) is 0.211. The highest BCUT2D eigenvalue weighted by Gasteiger charge is 2.23. The van der Waals surface area contributed by atoms with Crippen LogP contribution in [-0.4, -0.2) is 25.6 Å². The minimum absolute atomic E-state index is 0.207. The van der Waals surface area contributed by atoms with E-state index in [0.29, 0.717) is 15.7 Å². The monoisotopic (exact) mass is 449 g/mol. The summed E-state index contributed by atoms with van der Waals surface area (Å²) >= 11 is 7.49. The molecule has 10 heteroatoms. The van der Waals surface area contributed by atoms with E-state index in [2.05, 4.69) is 20.0 Å². The highest BCUT2D eigenvalue weighted by molar-refractivity contribution is 7.86. The van der Waals surface area contributed by atoms with Gasteiger partial charge in [0, 0.05) is 11.8 Å². The number of carbonyl (C=O) groups excluding carboxylic acids is 1. The summed E-state index contributed by atoms with van der Waals surface area (Å²) in [5, 5.41) is 3.38. The van der Waals surface area contributed by atoms with Crippen LogP contribution in [0.2, 0.25) is 5.15 Å². The Balaban J connectivity index is 1.86. The molecule has 1 amide bonds. The smallest absolute Gasteiger partial charge is 0.245 e. The number of carbonyl (C=O) groups is 1. The topological polar surface area (TPSA) is 110 Å². The van der Waals surface area contributed by atoms with Crippen molar-refractivity contribution in [1.29, 1.82) is 0 Å². The zero-order chi connectivity index (χ0) is 21.2. The Morgan fingerprint density at radius 3 is 2.62 bits per heavy atom. The van der Waals surface area contributed by atoms with E-state index in [4.69, 9.17) is 17.3 Å². The Morgan fingerprint density at radius 1 is 1.28 bits per heavy atom. The van der Waals surface area contributed by atoms with Gasteiger partial charge in [0.05, 0.1) is 26.7 Å². The van der Waals surface area contributed by atoms with Crippen molar-refractivity contribution in [2.75, 3.05) is 10.0 Å². The highest BCUT2D eigenvalue weighted by Crippen LogP contribution is 2.35. The first-order valence-corrected chi connectivity index (χ1v) is 11.0. The molecule has 7 nitrogen and oxygen atoms in total. The maximum absolute atomic E-state index is 12.5. The van der Waals surface area contributed by atoms with Crippen LogP contribution in [0.4, 0.5) is 10.8 Å². The summed E-state index contributed by atoms with van der Waals surface area (Å²) in [6, 6.07) is 10.7.